The van der Waals surface area contributed by atoms with Crippen LogP contribution in [0, 0.1) is 13.8 Å². The molecule has 2 aromatic carbocycles. The molecule has 0 aliphatic carbocycles. The van der Waals surface area contributed by atoms with E-state index in [1.165, 1.54) is 11.1 Å². The van der Waals surface area contributed by atoms with Gasteiger partial charge < -0.3 is 9.47 Å². The highest BCUT2D eigenvalue weighted by atomic mass is 16.6. The maximum Gasteiger partial charge on any atom is 0.338 e. The van der Waals surface area contributed by atoms with E-state index in [1.807, 2.05) is 37.6 Å². The lowest BCUT2D eigenvalue weighted by atomic mass is 10.1. The van der Waals surface area contributed by atoms with E-state index in [9.17, 15) is 4.79 Å². The Kier molecular flexibility index (Phi) is 6.33. The second-order valence-corrected chi connectivity index (χ2v) is 8.29. The summed E-state index contributed by atoms with van der Waals surface area (Å²) in [5, 5.41) is 8.58. The molecule has 0 spiro atoms. The van der Waals surface area contributed by atoms with Crippen LogP contribution in [0.1, 0.15) is 54.2 Å². The number of rotatable bonds is 7. The second-order valence-electron chi connectivity index (χ2n) is 8.29. The van der Waals surface area contributed by atoms with Gasteiger partial charge in [0.2, 0.25) is 0 Å². The largest absolute Gasteiger partial charge is 0.456 e. The number of carbonyl (C=O) groups excluding carboxylic acids is 1. The summed E-state index contributed by atoms with van der Waals surface area (Å²) in [4.78, 5) is 12.0. The Bertz CT molecular complexity index is 985. The predicted molar refractivity (Wildman–Crippen MR) is 113 cm³/mol. The molecular weight excluding hydrogens is 366 g/mol. The van der Waals surface area contributed by atoms with Gasteiger partial charge in [-0.3, -0.25) is 0 Å². The predicted octanol–water partition coefficient (Wildman–Crippen LogP) is 4.61. The molecule has 1 aromatic heterocycles. The number of benzene rings is 2. The molecule has 0 amide bonds. The monoisotopic (exact) mass is 395 g/mol. The fourth-order valence-electron chi connectivity index (χ4n) is 3.01. The van der Waals surface area contributed by atoms with Gasteiger partial charge in [0, 0.05) is 13.2 Å². The summed E-state index contributed by atoms with van der Waals surface area (Å²) in [6.07, 6.45) is 0.849. The van der Waals surface area contributed by atoms with Crippen LogP contribution in [-0.2, 0) is 22.6 Å². The van der Waals surface area contributed by atoms with Gasteiger partial charge >= 0.3 is 5.97 Å². The summed E-state index contributed by atoms with van der Waals surface area (Å²) < 4.78 is 13.1. The molecule has 0 saturated carbocycles. The van der Waals surface area contributed by atoms with Gasteiger partial charge in [-0.15, -0.1) is 5.10 Å². The van der Waals surface area contributed by atoms with E-state index in [1.54, 1.807) is 12.1 Å². The molecule has 0 saturated heterocycles. The Balaban J connectivity index is 1.45. The van der Waals surface area contributed by atoms with Crippen molar-refractivity contribution < 1.29 is 14.3 Å². The van der Waals surface area contributed by atoms with Gasteiger partial charge in [0.05, 0.1) is 17.7 Å². The molecule has 0 N–H and O–H groups in total. The van der Waals surface area contributed by atoms with E-state index in [-0.39, 0.29) is 5.97 Å². The van der Waals surface area contributed by atoms with Gasteiger partial charge in [0.15, 0.2) is 0 Å². The number of fused-ring (bicyclic) bond motifs is 1. The molecule has 154 valence electrons. The van der Waals surface area contributed by atoms with Gasteiger partial charge in [-0.25, -0.2) is 9.48 Å². The third kappa shape index (κ3) is 5.41. The third-order valence-corrected chi connectivity index (χ3v) is 4.73. The Labute approximate surface area is 171 Å². The molecule has 0 fully saturated rings. The highest BCUT2D eigenvalue weighted by molar-refractivity contribution is 5.89. The molecule has 6 nitrogen and oxygen atoms in total. The zero-order chi connectivity index (χ0) is 21.0. The Hall–Kier alpha value is -2.73. The Morgan fingerprint density at radius 1 is 1.07 bits per heavy atom. The van der Waals surface area contributed by atoms with Crippen molar-refractivity contribution in [1.82, 2.24) is 15.0 Å². The van der Waals surface area contributed by atoms with Crippen LogP contribution >= 0.6 is 0 Å². The Morgan fingerprint density at radius 3 is 2.48 bits per heavy atom. The summed E-state index contributed by atoms with van der Waals surface area (Å²) in [7, 11) is 0. The SMILES string of the molecule is Cc1ccc2c(nnn2CCCOCc2ccc(C(=O)OC(C)(C)C)cc2)c1C. The second kappa shape index (κ2) is 8.74. The van der Waals surface area contributed by atoms with Crippen molar-refractivity contribution in [3.05, 3.63) is 58.7 Å². The summed E-state index contributed by atoms with van der Waals surface area (Å²) >= 11 is 0. The molecule has 0 atom stereocenters. The highest BCUT2D eigenvalue weighted by Gasteiger charge is 2.17. The van der Waals surface area contributed by atoms with Crippen molar-refractivity contribution in [2.24, 2.45) is 0 Å². The van der Waals surface area contributed by atoms with Crippen LogP contribution in [0.15, 0.2) is 36.4 Å². The molecule has 0 radical (unpaired) electrons. The topological polar surface area (TPSA) is 66.2 Å². The lowest BCUT2D eigenvalue weighted by Gasteiger charge is -2.19. The summed E-state index contributed by atoms with van der Waals surface area (Å²) in [6.45, 7) is 11.6. The third-order valence-electron chi connectivity index (χ3n) is 4.73. The number of carbonyl (C=O) groups is 1. The minimum absolute atomic E-state index is 0.310. The maximum absolute atomic E-state index is 12.0. The van der Waals surface area contributed by atoms with Gasteiger partial charge in [0.25, 0.3) is 0 Å². The highest BCUT2D eigenvalue weighted by Crippen LogP contribution is 2.19. The number of aromatic nitrogens is 3. The smallest absolute Gasteiger partial charge is 0.338 e. The van der Waals surface area contributed by atoms with Gasteiger partial charge in [0.1, 0.15) is 11.1 Å². The first-order chi connectivity index (χ1) is 13.7. The first-order valence-electron chi connectivity index (χ1n) is 9.94. The van der Waals surface area contributed by atoms with Crippen molar-refractivity contribution in [1.29, 1.82) is 0 Å². The Morgan fingerprint density at radius 2 is 1.79 bits per heavy atom. The van der Waals surface area contributed by atoms with Crippen LogP contribution < -0.4 is 0 Å². The molecule has 0 bridgehead atoms. The van der Waals surface area contributed by atoms with E-state index in [2.05, 4.69) is 36.3 Å². The first-order valence-corrected chi connectivity index (χ1v) is 9.94. The summed E-state index contributed by atoms with van der Waals surface area (Å²) in [6, 6.07) is 11.5. The zero-order valence-corrected chi connectivity index (χ0v) is 17.9. The van der Waals surface area contributed by atoms with Crippen LogP contribution in [-0.4, -0.2) is 33.2 Å². The number of hydrogen-bond donors (Lipinski definition) is 0. The van der Waals surface area contributed by atoms with Crippen LogP contribution in [0.3, 0.4) is 0 Å². The lowest BCUT2D eigenvalue weighted by Crippen LogP contribution is -2.23. The van der Waals surface area contributed by atoms with Crippen LogP contribution in [0.2, 0.25) is 0 Å². The van der Waals surface area contributed by atoms with Crippen LogP contribution in [0.5, 0.6) is 0 Å². The average molecular weight is 396 g/mol. The fraction of sp³-hybridized carbons (Fsp3) is 0.435. The molecular formula is C23H29N3O3. The van der Waals surface area contributed by atoms with E-state index in [0.29, 0.717) is 18.8 Å². The van der Waals surface area contributed by atoms with Gasteiger partial charge in [-0.05, 0) is 75.9 Å². The van der Waals surface area contributed by atoms with Crippen molar-refractivity contribution in [3.8, 4) is 0 Å². The average Bonchev–Trinajstić information content (AvgIpc) is 3.07. The molecule has 0 unspecified atom stereocenters. The number of nitrogens with zero attached hydrogens (tertiary/aromatic N) is 3. The number of hydrogen-bond acceptors (Lipinski definition) is 5. The van der Waals surface area contributed by atoms with E-state index in [0.717, 1.165) is 29.6 Å². The quantitative estimate of drug-likeness (QED) is 0.432. The normalized spacial score (nSPS) is 11.8. The first kappa shape index (κ1) is 21.0. The van der Waals surface area contributed by atoms with Crippen molar-refractivity contribution in [2.75, 3.05) is 6.61 Å². The summed E-state index contributed by atoms with van der Waals surface area (Å²) in [5.74, 6) is -0.310. The molecule has 29 heavy (non-hydrogen) atoms. The van der Waals surface area contributed by atoms with Gasteiger partial charge in [-0.2, -0.15) is 0 Å². The van der Waals surface area contributed by atoms with E-state index >= 15 is 0 Å². The van der Waals surface area contributed by atoms with Crippen molar-refractivity contribution in [2.45, 2.75) is 59.8 Å². The summed E-state index contributed by atoms with van der Waals surface area (Å²) in [5.41, 5.74) is 5.51. The molecule has 1 heterocycles. The maximum atomic E-state index is 12.0. The minimum atomic E-state index is -0.494. The van der Waals surface area contributed by atoms with Crippen molar-refractivity contribution >= 4 is 17.0 Å². The molecule has 6 heteroatoms. The number of aryl methyl sites for hydroxylation is 3. The van der Waals surface area contributed by atoms with E-state index in [4.69, 9.17) is 9.47 Å². The zero-order valence-electron chi connectivity index (χ0n) is 17.9. The van der Waals surface area contributed by atoms with Gasteiger partial charge in [-0.1, -0.05) is 23.4 Å². The minimum Gasteiger partial charge on any atom is -0.456 e. The van der Waals surface area contributed by atoms with Crippen LogP contribution in [0.4, 0.5) is 0 Å². The number of ether oxygens (including phenoxy) is 2. The number of esters is 1. The molecule has 3 rings (SSSR count). The molecule has 3 aromatic rings. The molecule has 0 aliphatic rings. The van der Waals surface area contributed by atoms with Crippen molar-refractivity contribution in [3.63, 3.8) is 0 Å². The standard InChI is InChI=1S/C23H29N3O3/c1-16-7-12-20-21(17(16)2)24-25-26(20)13-6-14-28-15-18-8-10-19(11-9-18)22(27)29-23(3,4)5/h7-12H,6,13-15H2,1-5H3. The fourth-order valence-corrected chi connectivity index (χ4v) is 3.01. The molecule has 0 aliphatic heterocycles. The van der Waals surface area contributed by atoms with Crippen LogP contribution in [0.25, 0.3) is 11.0 Å². The lowest BCUT2D eigenvalue weighted by molar-refractivity contribution is 0.00694. The van der Waals surface area contributed by atoms with E-state index < -0.39 is 5.60 Å².